The van der Waals surface area contributed by atoms with Crippen molar-refractivity contribution in [1.29, 1.82) is 0 Å². The monoisotopic (exact) mass is 559 g/mol. The molecule has 11 heteroatoms. The molecule has 0 saturated carbocycles. The number of aliphatic imine (C=N–C) groups is 1. The Morgan fingerprint density at radius 1 is 0.738 bits per heavy atom. The first kappa shape index (κ1) is 26.3. The van der Waals surface area contributed by atoms with Crippen molar-refractivity contribution in [3.05, 3.63) is 118 Å². The topological polar surface area (TPSA) is 156 Å². The SMILES string of the molecule is Cn1c(C=Nc2ccc(NC(=O)c3ccc4c(c3)C(=O)NC4=O)cc2)ccc1CC(=O)c1ccc2c(c1)C(=O)NC2=O. The first-order valence-corrected chi connectivity index (χ1v) is 12.8. The van der Waals surface area contributed by atoms with Crippen molar-refractivity contribution in [2.75, 3.05) is 5.32 Å². The van der Waals surface area contributed by atoms with Gasteiger partial charge < -0.3 is 9.88 Å². The number of aromatic nitrogens is 1. The minimum Gasteiger partial charge on any atom is -0.346 e. The number of imide groups is 2. The van der Waals surface area contributed by atoms with Gasteiger partial charge in [0.25, 0.3) is 29.5 Å². The number of benzene rings is 3. The van der Waals surface area contributed by atoms with E-state index in [1.807, 2.05) is 23.7 Å². The van der Waals surface area contributed by atoms with Crippen LogP contribution in [0, 0.1) is 0 Å². The number of rotatable bonds is 7. The van der Waals surface area contributed by atoms with Gasteiger partial charge in [-0.05, 0) is 66.7 Å². The van der Waals surface area contributed by atoms with Crippen molar-refractivity contribution in [2.45, 2.75) is 6.42 Å². The Hall–Kier alpha value is -5.97. The van der Waals surface area contributed by atoms with Crippen molar-refractivity contribution in [1.82, 2.24) is 15.2 Å². The molecule has 6 rings (SSSR count). The first-order chi connectivity index (χ1) is 20.2. The maximum atomic E-state index is 12.9. The van der Waals surface area contributed by atoms with Crippen LogP contribution in [-0.2, 0) is 13.5 Å². The fourth-order valence-corrected chi connectivity index (χ4v) is 4.77. The van der Waals surface area contributed by atoms with E-state index in [1.54, 1.807) is 36.5 Å². The number of ketones is 1. The number of nitrogens with one attached hydrogen (secondary N) is 3. The largest absolute Gasteiger partial charge is 0.346 e. The zero-order valence-electron chi connectivity index (χ0n) is 22.1. The van der Waals surface area contributed by atoms with Gasteiger partial charge in [0, 0.05) is 29.6 Å². The Balaban J connectivity index is 1.09. The normalized spacial score (nSPS) is 13.6. The maximum Gasteiger partial charge on any atom is 0.258 e. The summed E-state index contributed by atoms with van der Waals surface area (Å²) in [5.41, 5.74) is 4.11. The van der Waals surface area contributed by atoms with E-state index in [2.05, 4.69) is 20.9 Å². The molecular formula is C31H21N5O6. The number of carbonyl (C=O) groups is 6. The molecule has 2 aliphatic heterocycles. The zero-order chi connectivity index (χ0) is 29.5. The average Bonchev–Trinajstić information content (AvgIpc) is 3.59. The van der Waals surface area contributed by atoms with Crippen LogP contribution in [0.5, 0.6) is 0 Å². The van der Waals surface area contributed by atoms with E-state index >= 15 is 0 Å². The standard InChI is InChI=1S/C31H21N5O6/c1-36-20(14-26(37)16-2-10-22-24(12-16)30(41)34-28(22)39)8-9-21(36)15-32-18-4-6-19(7-5-18)33-27(38)17-3-11-23-25(13-17)31(42)35-29(23)40/h2-13,15H,14H2,1H3,(H,33,38)(H,34,39,41)(H,35,40,42). The Morgan fingerprint density at radius 3 is 1.95 bits per heavy atom. The van der Waals surface area contributed by atoms with Crippen LogP contribution in [0.3, 0.4) is 0 Å². The number of hydrogen-bond donors (Lipinski definition) is 3. The van der Waals surface area contributed by atoms with E-state index in [4.69, 9.17) is 0 Å². The van der Waals surface area contributed by atoms with Gasteiger partial charge in [-0.2, -0.15) is 0 Å². The minimum atomic E-state index is -0.530. The van der Waals surface area contributed by atoms with Gasteiger partial charge in [-0.3, -0.25) is 44.4 Å². The second kappa shape index (κ2) is 10.2. The van der Waals surface area contributed by atoms with E-state index in [1.165, 1.54) is 30.3 Å². The molecule has 0 saturated heterocycles. The highest BCUT2D eigenvalue weighted by molar-refractivity contribution is 6.23. The van der Waals surface area contributed by atoms with Crippen LogP contribution in [-0.4, -0.2) is 46.1 Å². The molecule has 0 unspecified atom stereocenters. The molecule has 3 N–H and O–H groups in total. The highest BCUT2D eigenvalue weighted by Gasteiger charge is 2.28. The van der Waals surface area contributed by atoms with Crippen molar-refractivity contribution < 1.29 is 28.8 Å². The predicted molar refractivity (Wildman–Crippen MR) is 152 cm³/mol. The highest BCUT2D eigenvalue weighted by Crippen LogP contribution is 2.22. The summed E-state index contributed by atoms with van der Waals surface area (Å²) in [6.45, 7) is 0. The molecule has 0 aliphatic carbocycles. The molecule has 206 valence electrons. The molecular weight excluding hydrogens is 538 g/mol. The lowest BCUT2D eigenvalue weighted by atomic mass is 10.0. The summed E-state index contributed by atoms with van der Waals surface area (Å²) >= 11 is 0. The molecule has 1 aromatic heterocycles. The molecule has 0 fully saturated rings. The number of nitrogens with zero attached hydrogens (tertiary/aromatic N) is 2. The highest BCUT2D eigenvalue weighted by atomic mass is 16.2. The number of fused-ring (bicyclic) bond motifs is 2. The van der Waals surface area contributed by atoms with Crippen LogP contribution in [0.1, 0.15) is 73.5 Å². The maximum absolute atomic E-state index is 12.9. The van der Waals surface area contributed by atoms with Gasteiger partial charge in [-0.1, -0.05) is 6.07 Å². The van der Waals surface area contributed by atoms with E-state index in [0.717, 1.165) is 11.4 Å². The molecule has 0 spiro atoms. The van der Waals surface area contributed by atoms with Gasteiger partial charge in [0.2, 0.25) is 0 Å². The minimum absolute atomic E-state index is 0.0955. The summed E-state index contributed by atoms with van der Waals surface area (Å²) in [5.74, 6) is -2.61. The smallest absolute Gasteiger partial charge is 0.258 e. The number of carbonyl (C=O) groups excluding carboxylic acids is 6. The average molecular weight is 560 g/mol. The van der Waals surface area contributed by atoms with Crippen molar-refractivity contribution in [3.63, 3.8) is 0 Å². The molecule has 3 aromatic carbocycles. The lowest BCUT2D eigenvalue weighted by Gasteiger charge is -2.07. The fourth-order valence-electron chi connectivity index (χ4n) is 4.77. The zero-order valence-corrected chi connectivity index (χ0v) is 22.1. The third-order valence-electron chi connectivity index (χ3n) is 7.13. The molecule has 0 bridgehead atoms. The van der Waals surface area contributed by atoms with Crippen LogP contribution in [0.15, 0.2) is 77.8 Å². The van der Waals surface area contributed by atoms with Gasteiger partial charge in [0.1, 0.15) is 0 Å². The lowest BCUT2D eigenvalue weighted by molar-refractivity contribution is 0.0863. The molecule has 3 heterocycles. The summed E-state index contributed by atoms with van der Waals surface area (Å²) in [6, 6.07) is 19.3. The quantitative estimate of drug-likeness (QED) is 0.179. The summed E-state index contributed by atoms with van der Waals surface area (Å²) in [4.78, 5) is 77.3. The molecule has 42 heavy (non-hydrogen) atoms. The molecule has 4 aromatic rings. The van der Waals surface area contributed by atoms with Gasteiger partial charge in [0.15, 0.2) is 5.78 Å². The Morgan fingerprint density at radius 2 is 1.31 bits per heavy atom. The van der Waals surface area contributed by atoms with Crippen LogP contribution in [0.4, 0.5) is 11.4 Å². The lowest BCUT2D eigenvalue weighted by Crippen LogP contribution is -2.19. The number of amides is 5. The van der Waals surface area contributed by atoms with Crippen molar-refractivity contribution in [3.8, 4) is 0 Å². The van der Waals surface area contributed by atoms with Gasteiger partial charge in [-0.25, -0.2) is 0 Å². The Kier molecular flexibility index (Phi) is 6.39. The molecule has 0 radical (unpaired) electrons. The Labute approximate surface area is 238 Å². The molecule has 5 amide bonds. The third kappa shape index (κ3) is 4.79. The summed E-state index contributed by atoms with van der Waals surface area (Å²) in [5, 5.41) is 7.17. The second-order valence-electron chi connectivity index (χ2n) is 9.75. The predicted octanol–water partition coefficient (Wildman–Crippen LogP) is 3.22. The van der Waals surface area contributed by atoms with Crippen molar-refractivity contribution in [2.24, 2.45) is 12.0 Å². The summed E-state index contributed by atoms with van der Waals surface area (Å²) in [6.07, 6.45) is 1.75. The van der Waals surface area contributed by atoms with Gasteiger partial charge >= 0.3 is 0 Å². The number of hydrogen-bond acceptors (Lipinski definition) is 7. The molecule has 2 aliphatic rings. The fraction of sp³-hybridized carbons (Fsp3) is 0.0645. The first-order valence-electron chi connectivity index (χ1n) is 12.8. The van der Waals surface area contributed by atoms with E-state index in [0.29, 0.717) is 16.9 Å². The summed E-state index contributed by atoms with van der Waals surface area (Å²) in [7, 11) is 1.82. The molecule has 0 atom stereocenters. The van der Waals surface area contributed by atoms with Crippen LogP contribution < -0.4 is 16.0 Å². The second-order valence-corrected chi connectivity index (χ2v) is 9.75. The van der Waals surface area contributed by atoms with E-state index in [9.17, 15) is 28.8 Å². The van der Waals surface area contributed by atoms with Crippen molar-refractivity contribution >= 4 is 52.9 Å². The number of anilines is 1. The van der Waals surface area contributed by atoms with Crippen LogP contribution in [0.25, 0.3) is 0 Å². The van der Waals surface area contributed by atoms with Crippen LogP contribution in [0.2, 0.25) is 0 Å². The van der Waals surface area contributed by atoms with E-state index in [-0.39, 0.29) is 40.0 Å². The van der Waals surface area contributed by atoms with Gasteiger partial charge in [0.05, 0.1) is 46.3 Å². The number of Topliss-reactive ketones (excluding diaryl/α,β-unsaturated/α-hetero) is 1. The van der Waals surface area contributed by atoms with Gasteiger partial charge in [-0.15, -0.1) is 0 Å². The Bertz CT molecular complexity index is 1900. The van der Waals surface area contributed by atoms with E-state index < -0.39 is 29.5 Å². The van der Waals surface area contributed by atoms with Crippen LogP contribution >= 0.6 is 0 Å². The third-order valence-corrected chi connectivity index (χ3v) is 7.13. The summed E-state index contributed by atoms with van der Waals surface area (Å²) < 4.78 is 1.84. The molecule has 11 nitrogen and oxygen atoms in total.